The molecule has 21 heavy (non-hydrogen) atoms. The highest BCUT2D eigenvalue weighted by molar-refractivity contribution is 6.00. The second-order valence-corrected chi connectivity index (χ2v) is 5.07. The summed E-state index contributed by atoms with van der Waals surface area (Å²) in [6.07, 6.45) is 2.54. The molecule has 0 bridgehead atoms. The van der Waals surface area contributed by atoms with E-state index in [-0.39, 0.29) is 18.2 Å². The van der Waals surface area contributed by atoms with Crippen LogP contribution in [0.2, 0.25) is 0 Å². The van der Waals surface area contributed by atoms with Crippen molar-refractivity contribution in [1.29, 1.82) is 0 Å². The lowest BCUT2D eigenvalue weighted by atomic mass is 10.2. The van der Waals surface area contributed by atoms with Gasteiger partial charge in [0, 0.05) is 29.6 Å². The molecule has 0 unspecified atom stereocenters. The Balaban J connectivity index is 2.01. The number of hydrazone groups is 1. The fourth-order valence-corrected chi connectivity index (χ4v) is 1.93. The van der Waals surface area contributed by atoms with Crippen LogP contribution in [0.25, 0.3) is 0 Å². The minimum atomic E-state index is -0.152. The molecule has 6 nitrogen and oxygen atoms in total. The van der Waals surface area contributed by atoms with E-state index in [2.05, 4.69) is 22.1 Å². The number of ketones is 1. The lowest BCUT2D eigenvalue weighted by molar-refractivity contribution is -0.126. The lowest BCUT2D eigenvalue weighted by Gasteiger charge is -2.15. The summed E-state index contributed by atoms with van der Waals surface area (Å²) in [6.45, 7) is 7.56. The first-order valence-corrected chi connectivity index (χ1v) is 6.71. The normalized spacial score (nSPS) is 14.3. The molecule has 0 spiro atoms. The van der Waals surface area contributed by atoms with Gasteiger partial charge < -0.3 is 4.90 Å². The molecule has 2 heterocycles. The molecule has 0 radical (unpaired) electrons. The van der Waals surface area contributed by atoms with Gasteiger partial charge in [-0.05, 0) is 32.4 Å². The SMILES string of the molecule is C=C1CCC(=O)N1CC(=O)c1ccc(NN=C(C)C)nc1. The van der Waals surface area contributed by atoms with E-state index in [1.807, 2.05) is 13.8 Å². The highest BCUT2D eigenvalue weighted by atomic mass is 16.2. The molecule has 110 valence electrons. The van der Waals surface area contributed by atoms with Gasteiger partial charge in [-0.3, -0.25) is 15.0 Å². The number of hydrogen-bond acceptors (Lipinski definition) is 5. The van der Waals surface area contributed by atoms with Crippen LogP contribution in [0.5, 0.6) is 0 Å². The molecule has 1 fully saturated rings. The number of Topliss-reactive ketones (excluding diaryl/α,β-unsaturated/α-hetero) is 1. The van der Waals surface area contributed by atoms with Crippen molar-refractivity contribution in [2.45, 2.75) is 26.7 Å². The molecule has 0 saturated carbocycles. The molecular formula is C15H18N4O2. The number of carbonyl (C=O) groups excluding carboxylic acids is 2. The Kier molecular flexibility index (Phi) is 4.47. The van der Waals surface area contributed by atoms with Gasteiger partial charge in [-0.2, -0.15) is 5.10 Å². The Bertz CT molecular complexity index is 585. The fraction of sp³-hybridized carbons (Fsp3) is 0.333. The molecule has 0 atom stereocenters. The Hall–Kier alpha value is -2.50. The van der Waals surface area contributed by atoms with Crippen molar-refractivity contribution >= 4 is 23.2 Å². The predicted molar refractivity (Wildman–Crippen MR) is 81.1 cm³/mol. The average molecular weight is 286 g/mol. The summed E-state index contributed by atoms with van der Waals surface area (Å²) in [6, 6.07) is 3.35. The largest absolute Gasteiger partial charge is 0.309 e. The number of rotatable bonds is 5. The number of amides is 1. The van der Waals surface area contributed by atoms with E-state index in [9.17, 15) is 9.59 Å². The van der Waals surface area contributed by atoms with Crippen LogP contribution in [0.3, 0.4) is 0 Å². The van der Waals surface area contributed by atoms with E-state index in [0.717, 1.165) is 5.71 Å². The van der Waals surface area contributed by atoms with Crippen molar-refractivity contribution < 1.29 is 9.59 Å². The van der Waals surface area contributed by atoms with Crippen LogP contribution in [-0.4, -0.2) is 33.8 Å². The van der Waals surface area contributed by atoms with Gasteiger partial charge in [-0.1, -0.05) is 6.58 Å². The maximum Gasteiger partial charge on any atom is 0.227 e. The summed E-state index contributed by atoms with van der Waals surface area (Å²) < 4.78 is 0. The number of allylic oxidation sites excluding steroid dienone is 1. The molecular weight excluding hydrogens is 268 g/mol. The monoisotopic (exact) mass is 286 g/mol. The first-order chi connectivity index (χ1) is 9.97. The molecule has 1 aliphatic heterocycles. The maximum atomic E-state index is 12.1. The van der Waals surface area contributed by atoms with E-state index in [0.29, 0.717) is 29.9 Å². The minimum Gasteiger partial charge on any atom is -0.309 e. The van der Waals surface area contributed by atoms with Crippen molar-refractivity contribution in [2.24, 2.45) is 5.10 Å². The quantitative estimate of drug-likeness (QED) is 0.511. The first-order valence-electron chi connectivity index (χ1n) is 6.71. The third-order valence-electron chi connectivity index (χ3n) is 3.09. The molecule has 6 heteroatoms. The number of nitrogens with one attached hydrogen (secondary N) is 1. The first kappa shape index (κ1) is 14.9. The van der Waals surface area contributed by atoms with E-state index in [4.69, 9.17) is 0 Å². The van der Waals surface area contributed by atoms with E-state index < -0.39 is 0 Å². The van der Waals surface area contributed by atoms with Crippen LogP contribution in [0, 0.1) is 0 Å². The third kappa shape index (κ3) is 3.75. The fourth-order valence-electron chi connectivity index (χ4n) is 1.93. The van der Waals surface area contributed by atoms with Crippen molar-refractivity contribution in [2.75, 3.05) is 12.0 Å². The maximum absolute atomic E-state index is 12.1. The molecule has 2 rings (SSSR count). The number of likely N-dealkylation sites (tertiary alicyclic amines) is 1. The number of anilines is 1. The van der Waals surface area contributed by atoms with E-state index >= 15 is 0 Å². The smallest absolute Gasteiger partial charge is 0.227 e. The van der Waals surface area contributed by atoms with E-state index in [1.54, 1.807) is 12.1 Å². The van der Waals surface area contributed by atoms with Gasteiger partial charge in [0.15, 0.2) is 5.78 Å². The van der Waals surface area contributed by atoms with Crippen molar-refractivity contribution in [3.8, 4) is 0 Å². The van der Waals surface area contributed by atoms with Crippen LogP contribution in [0.4, 0.5) is 5.82 Å². The summed E-state index contributed by atoms with van der Waals surface area (Å²) in [5, 5.41) is 4.03. The topological polar surface area (TPSA) is 74.7 Å². The second-order valence-electron chi connectivity index (χ2n) is 5.07. The zero-order valence-electron chi connectivity index (χ0n) is 12.2. The van der Waals surface area contributed by atoms with E-state index in [1.165, 1.54) is 11.1 Å². The lowest BCUT2D eigenvalue weighted by Crippen LogP contribution is -2.29. The van der Waals surface area contributed by atoms with Crippen molar-refractivity contribution in [1.82, 2.24) is 9.88 Å². The van der Waals surface area contributed by atoms with Gasteiger partial charge >= 0.3 is 0 Å². The zero-order chi connectivity index (χ0) is 15.4. The Morgan fingerprint density at radius 2 is 2.19 bits per heavy atom. The summed E-state index contributed by atoms with van der Waals surface area (Å²) in [4.78, 5) is 29.3. The van der Waals surface area contributed by atoms with Gasteiger partial charge in [0.1, 0.15) is 5.82 Å². The van der Waals surface area contributed by atoms with Gasteiger partial charge in [-0.25, -0.2) is 4.98 Å². The Morgan fingerprint density at radius 3 is 2.71 bits per heavy atom. The van der Waals surface area contributed by atoms with Crippen LogP contribution >= 0.6 is 0 Å². The molecule has 1 aliphatic rings. The number of pyridine rings is 1. The molecule has 1 saturated heterocycles. The molecule has 0 aliphatic carbocycles. The highest BCUT2D eigenvalue weighted by Gasteiger charge is 2.26. The van der Waals surface area contributed by atoms with Crippen molar-refractivity contribution in [3.05, 3.63) is 36.2 Å². The molecule has 1 aromatic heterocycles. The summed E-state index contributed by atoms with van der Waals surface area (Å²) in [7, 11) is 0. The van der Waals surface area contributed by atoms with Crippen LogP contribution in [0.1, 0.15) is 37.0 Å². The van der Waals surface area contributed by atoms with Crippen molar-refractivity contribution in [3.63, 3.8) is 0 Å². The number of hydrogen-bond donors (Lipinski definition) is 1. The van der Waals surface area contributed by atoms with Crippen LogP contribution < -0.4 is 5.43 Å². The average Bonchev–Trinajstić information content (AvgIpc) is 2.77. The second kappa shape index (κ2) is 6.30. The van der Waals surface area contributed by atoms with Gasteiger partial charge in [0.25, 0.3) is 0 Å². The predicted octanol–water partition coefficient (Wildman–Crippen LogP) is 2.21. The Labute approximate surface area is 123 Å². The molecule has 1 N–H and O–H groups in total. The molecule has 1 aromatic rings. The summed E-state index contributed by atoms with van der Waals surface area (Å²) >= 11 is 0. The third-order valence-corrected chi connectivity index (χ3v) is 3.09. The zero-order valence-corrected chi connectivity index (χ0v) is 12.2. The Morgan fingerprint density at radius 1 is 1.43 bits per heavy atom. The highest BCUT2D eigenvalue weighted by Crippen LogP contribution is 2.20. The number of carbonyl (C=O) groups is 2. The van der Waals surface area contributed by atoms with Gasteiger partial charge in [0.05, 0.1) is 6.54 Å². The molecule has 1 amide bonds. The van der Waals surface area contributed by atoms with Gasteiger partial charge in [0.2, 0.25) is 5.91 Å². The van der Waals surface area contributed by atoms with Gasteiger partial charge in [-0.15, -0.1) is 0 Å². The minimum absolute atomic E-state index is 0.0261. The standard InChI is InChI=1S/C15H18N4O2/c1-10(2)17-18-14-6-5-12(8-16-14)13(20)9-19-11(3)4-7-15(19)21/h5-6,8H,3-4,7,9H2,1-2H3,(H,16,18). The number of nitrogens with zero attached hydrogens (tertiary/aromatic N) is 3. The number of aromatic nitrogens is 1. The summed E-state index contributed by atoms with van der Waals surface area (Å²) in [5.74, 6) is 0.363. The van der Waals surface area contributed by atoms with Crippen LogP contribution in [0.15, 0.2) is 35.7 Å². The van der Waals surface area contributed by atoms with Crippen LogP contribution in [-0.2, 0) is 4.79 Å². The summed E-state index contributed by atoms with van der Waals surface area (Å²) in [5.41, 5.74) is 4.83. The molecule has 0 aromatic carbocycles.